The van der Waals surface area contributed by atoms with Crippen LogP contribution in [0.1, 0.15) is 0 Å². The Morgan fingerprint density at radius 2 is 1.16 bits per heavy atom. The first-order valence-corrected chi connectivity index (χ1v) is 16.5. The molecule has 2 aromatic heterocycles. The van der Waals surface area contributed by atoms with Gasteiger partial charge in [0.15, 0.2) is 5.58 Å². The van der Waals surface area contributed by atoms with Crippen LogP contribution in [0.25, 0.3) is 77.2 Å². The highest BCUT2D eigenvalue weighted by molar-refractivity contribution is 6.19. The molecule has 0 atom stereocenters. The first-order chi connectivity index (χ1) is 24.3. The summed E-state index contributed by atoms with van der Waals surface area (Å²) in [6.07, 6.45) is 0. The fourth-order valence-corrected chi connectivity index (χ4v) is 7.16. The van der Waals surface area contributed by atoms with E-state index in [0.717, 1.165) is 88.3 Å². The summed E-state index contributed by atoms with van der Waals surface area (Å²) in [7, 11) is 0. The van der Waals surface area contributed by atoms with Crippen molar-refractivity contribution in [2.24, 2.45) is 0 Å². The fourth-order valence-electron chi connectivity index (χ4n) is 7.16. The number of rotatable bonds is 5. The Labute approximate surface area is 282 Å². The van der Waals surface area contributed by atoms with E-state index in [9.17, 15) is 0 Å². The molecule has 0 aliphatic carbocycles. The number of hydrogen-bond donors (Lipinski definition) is 0. The highest BCUT2D eigenvalue weighted by Gasteiger charge is 2.20. The van der Waals surface area contributed by atoms with Crippen LogP contribution in [0, 0.1) is 0 Å². The highest BCUT2D eigenvalue weighted by atomic mass is 16.3. The fraction of sp³-hybridized carbons (Fsp3) is 0. The number of fused-ring (bicyclic) bond motifs is 8. The van der Waals surface area contributed by atoms with Gasteiger partial charge in [0.2, 0.25) is 5.89 Å². The lowest BCUT2D eigenvalue weighted by Gasteiger charge is -2.28. The van der Waals surface area contributed by atoms with Crippen molar-refractivity contribution in [1.29, 1.82) is 0 Å². The van der Waals surface area contributed by atoms with Gasteiger partial charge in [-0.05, 0) is 88.5 Å². The topological polar surface area (TPSA) is 42.4 Å². The van der Waals surface area contributed by atoms with E-state index < -0.39 is 0 Å². The van der Waals surface area contributed by atoms with E-state index >= 15 is 0 Å². The molecule has 8 aromatic carbocycles. The molecule has 2 heterocycles. The maximum Gasteiger partial charge on any atom is 0.227 e. The van der Waals surface area contributed by atoms with E-state index in [0.29, 0.717) is 5.89 Å². The molecule has 230 valence electrons. The molecule has 0 fully saturated rings. The minimum Gasteiger partial charge on any atom is -0.456 e. The molecule has 0 amide bonds. The monoisotopic (exact) mass is 628 g/mol. The van der Waals surface area contributed by atoms with Crippen molar-refractivity contribution in [3.05, 3.63) is 170 Å². The average Bonchev–Trinajstić information content (AvgIpc) is 3.78. The first-order valence-electron chi connectivity index (χ1n) is 16.5. The quantitative estimate of drug-likeness (QED) is 0.178. The second-order valence-electron chi connectivity index (χ2n) is 12.4. The van der Waals surface area contributed by atoms with Crippen molar-refractivity contribution in [1.82, 2.24) is 4.98 Å². The molecule has 10 rings (SSSR count). The minimum atomic E-state index is 0.624. The molecule has 10 aromatic rings. The van der Waals surface area contributed by atoms with Gasteiger partial charge in [0.1, 0.15) is 16.7 Å². The molecule has 0 unspecified atom stereocenters. The predicted molar refractivity (Wildman–Crippen MR) is 202 cm³/mol. The number of furan rings is 1. The standard InChI is InChI=1S/C45H28N2O2/c1-3-11-31(12-4-1)45-46-39-25-22-30-20-19-29-21-24-34(28-37(29)43(30)44(39)49-45)47(33-13-5-2-6-14-33)40-17-9-7-15-35(40)32-23-26-42-38(27-32)36-16-8-10-18-41(36)48-42/h1-28H. The Morgan fingerprint density at radius 1 is 0.449 bits per heavy atom. The predicted octanol–water partition coefficient (Wildman–Crippen LogP) is 12.8. The summed E-state index contributed by atoms with van der Waals surface area (Å²) in [5.74, 6) is 0.624. The van der Waals surface area contributed by atoms with Gasteiger partial charge >= 0.3 is 0 Å². The van der Waals surface area contributed by atoms with E-state index in [1.165, 1.54) is 0 Å². The van der Waals surface area contributed by atoms with Gasteiger partial charge in [0.05, 0.1) is 5.69 Å². The summed E-state index contributed by atoms with van der Waals surface area (Å²) in [6, 6.07) is 59.3. The van der Waals surface area contributed by atoms with Crippen LogP contribution in [0.15, 0.2) is 179 Å². The second kappa shape index (κ2) is 11.0. The third-order valence-electron chi connectivity index (χ3n) is 9.46. The molecule has 4 nitrogen and oxygen atoms in total. The number of para-hydroxylation sites is 3. The van der Waals surface area contributed by atoms with Crippen LogP contribution in [0.4, 0.5) is 17.1 Å². The summed E-state index contributed by atoms with van der Waals surface area (Å²) in [5.41, 5.74) is 9.84. The number of benzene rings is 8. The zero-order valence-corrected chi connectivity index (χ0v) is 26.4. The lowest BCUT2D eigenvalue weighted by molar-refractivity contribution is 0.623. The summed E-state index contributed by atoms with van der Waals surface area (Å²) in [4.78, 5) is 7.24. The Kier molecular flexibility index (Phi) is 6.15. The van der Waals surface area contributed by atoms with E-state index in [2.05, 4.69) is 132 Å². The largest absolute Gasteiger partial charge is 0.456 e. The average molecular weight is 629 g/mol. The van der Waals surface area contributed by atoms with Crippen molar-refractivity contribution in [3.63, 3.8) is 0 Å². The van der Waals surface area contributed by atoms with Gasteiger partial charge < -0.3 is 13.7 Å². The zero-order chi connectivity index (χ0) is 32.3. The van der Waals surface area contributed by atoms with Gasteiger partial charge in [-0.25, -0.2) is 4.98 Å². The smallest absolute Gasteiger partial charge is 0.227 e. The molecule has 0 N–H and O–H groups in total. The molecular formula is C45H28N2O2. The van der Waals surface area contributed by atoms with E-state index in [4.69, 9.17) is 13.8 Å². The molecular weight excluding hydrogens is 601 g/mol. The Balaban J connectivity index is 1.20. The molecule has 0 spiro atoms. The van der Waals surface area contributed by atoms with Crippen LogP contribution in [0.2, 0.25) is 0 Å². The first kappa shape index (κ1) is 27.5. The maximum absolute atomic E-state index is 6.55. The van der Waals surface area contributed by atoms with Crippen LogP contribution in [0.5, 0.6) is 0 Å². The maximum atomic E-state index is 6.55. The van der Waals surface area contributed by atoms with Crippen LogP contribution in [0.3, 0.4) is 0 Å². The Hall–Kier alpha value is -6.65. The molecule has 0 saturated heterocycles. The number of anilines is 3. The Bertz CT molecular complexity index is 2830. The normalized spacial score (nSPS) is 11.7. The van der Waals surface area contributed by atoms with Gasteiger partial charge in [-0.2, -0.15) is 0 Å². The summed E-state index contributed by atoms with van der Waals surface area (Å²) in [6.45, 7) is 0. The Morgan fingerprint density at radius 3 is 2.06 bits per heavy atom. The molecule has 49 heavy (non-hydrogen) atoms. The van der Waals surface area contributed by atoms with Crippen LogP contribution in [-0.4, -0.2) is 4.98 Å². The third kappa shape index (κ3) is 4.49. The third-order valence-corrected chi connectivity index (χ3v) is 9.46. The molecule has 4 heteroatoms. The van der Waals surface area contributed by atoms with E-state index in [1.807, 2.05) is 42.5 Å². The van der Waals surface area contributed by atoms with Gasteiger partial charge in [0, 0.05) is 38.7 Å². The van der Waals surface area contributed by atoms with Crippen LogP contribution < -0.4 is 4.90 Å². The van der Waals surface area contributed by atoms with Crippen LogP contribution in [-0.2, 0) is 0 Å². The lowest BCUT2D eigenvalue weighted by Crippen LogP contribution is -2.11. The van der Waals surface area contributed by atoms with Gasteiger partial charge in [-0.15, -0.1) is 0 Å². The molecule has 0 aliphatic heterocycles. The summed E-state index contributed by atoms with van der Waals surface area (Å²) in [5, 5.41) is 6.65. The summed E-state index contributed by atoms with van der Waals surface area (Å²) < 4.78 is 12.7. The molecule has 0 aliphatic rings. The van der Waals surface area contributed by atoms with Crippen molar-refractivity contribution in [2.45, 2.75) is 0 Å². The summed E-state index contributed by atoms with van der Waals surface area (Å²) >= 11 is 0. The molecule has 0 radical (unpaired) electrons. The number of aromatic nitrogens is 1. The molecule has 0 saturated carbocycles. The number of nitrogens with zero attached hydrogens (tertiary/aromatic N) is 2. The van der Waals surface area contributed by atoms with E-state index in [-0.39, 0.29) is 0 Å². The number of hydrogen-bond acceptors (Lipinski definition) is 4. The van der Waals surface area contributed by atoms with Crippen molar-refractivity contribution >= 4 is 71.6 Å². The van der Waals surface area contributed by atoms with Crippen molar-refractivity contribution in [2.75, 3.05) is 4.90 Å². The van der Waals surface area contributed by atoms with Gasteiger partial charge in [-0.1, -0.05) is 103 Å². The van der Waals surface area contributed by atoms with Gasteiger partial charge in [0.25, 0.3) is 0 Å². The van der Waals surface area contributed by atoms with Gasteiger partial charge in [-0.3, -0.25) is 0 Å². The number of oxazole rings is 1. The lowest BCUT2D eigenvalue weighted by atomic mass is 9.98. The SMILES string of the molecule is c1ccc(-c2nc3ccc4ccc5ccc(N(c6ccccc6)c6ccccc6-c6ccc7oc8ccccc8c7c6)cc5c4c3o2)cc1. The second-order valence-corrected chi connectivity index (χ2v) is 12.4. The minimum absolute atomic E-state index is 0.624. The van der Waals surface area contributed by atoms with E-state index in [1.54, 1.807) is 0 Å². The van der Waals surface area contributed by atoms with Crippen LogP contribution >= 0.6 is 0 Å². The molecule has 0 bridgehead atoms. The van der Waals surface area contributed by atoms with Crippen molar-refractivity contribution < 1.29 is 8.83 Å². The zero-order valence-electron chi connectivity index (χ0n) is 26.4. The highest BCUT2D eigenvalue weighted by Crippen LogP contribution is 2.44. The van der Waals surface area contributed by atoms with Crippen molar-refractivity contribution in [3.8, 4) is 22.6 Å².